The van der Waals surface area contributed by atoms with E-state index in [9.17, 15) is 18.4 Å². The highest BCUT2D eigenvalue weighted by Crippen LogP contribution is 2.50. The van der Waals surface area contributed by atoms with Gasteiger partial charge in [0.05, 0.1) is 12.1 Å². The first-order chi connectivity index (χ1) is 8.88. The van der Waals surface area contributed by atoms with Crippen LogP contribution in [0.1, 0.15) is 25.5 Å². The molecule has 0 spiro atoms. The Kier molecular flexibility index (Phi) is 3.21. The molecule has 1 aromatic rings. The van der Waals surface area contributed by atoms with E-state index in [2.05, 4.69) is 25.5 Å². The minimum absolute atomic E-state index is 0.0272. The summed E-state index contributed by atoms with van der Waals surface area (Å²) in [6.07, 6.45) is 0.0516. The number of H-pyrrole nitrogens is 1. The van der Waals surface area contributed by atoms with Crippen LogP contribution in [0.3, 0.4) is 0 Å². The highest BCUT2D eigenvalue weighted by Gasteiger charge is 2.60. The molecule has 0 radical (unpaired) electrons. The van der Waals surface area contributed by atoms with Crippen molar-refractivity contribution in [1.82, 2.24) is 20.7 Å². The first-order valence-electron chi connectivity index (χ1n) is 5.62. The molecule has 1 saturated carbocycles. The van der Waals surface area contributed by atoms with Gasteiger partial charge in [0.15, 0.2) is 0 Å². The number of nitrogens with one attached hydrogen (secondary N) is 2. The molecule has 0 aromatic carbocycles. The molecular formula is C10H12F2N4O3. The van der Waals surface area contributed by atoms with E-state index in [0.29, 0.717) is 0 Å². The van der Waals surface area contributed by atoms with Crippen LogP contribution in [-0.2, 0) is 19.9 Å². The lowest BCUT2D eigenvalue weighted by Gasteiger charge is -2.45. The Balaban J connectivity index is 2.13. The molecule has 1 heterocycles. The Morgan fingerprint density at radius 1 is 1.53 bits per heavy atom. The van der Waals surface area contributed by atoms with Gasteiger partial charge in [-0.25, -0.2) is 13.6 Å². The van der Waals surface area contributed by atoms with Crippen LogP contribution in [0.2, 0.25) is 0 Å². The van der Waals surface area contributed by atoms with Crippen molar-refractivity contribution in [2.75, 3.05) is 6.61 Å². The smallest absolute Gasteiger partial charge is 0.396 e. The Morgan fingerprint density at radius 3 is 2.68 bits per heavy atom. The molecule has 1 aliphatic carbocycles. The Morgan fingerprint density at radius 2 is 2.21 bits per heavy atom. The first-order valence-corrected chi connectivity index (χ1v) is 5.62. The van der Waals surface area contributed by atoms with Gasteiger partial charge in [0, 0.05) is 19.0 Å². The lowest BCUT2D eigenvalue weighted by molar-refractivity contribution is -0.165. The van der Waals surface area contributed by atoms with Crippen molar-refractivity contribution in [3.63, 3.8) is 0 Å². The number of hydrogen-bond donors (Lipinski definition) is 2. The lowest BCUT2D eigenvalue weighted by atomic mass is 9.71. The van der Waals surface area contributed by atoms with Crippen molar-refractivity contribution in [3.8, 4) is 0 Å². The minimum atomic E-state index is -2.90. The fraction of sp³-hybridized carbons (Fsp3) is 0.600. The zero-order valence-corrected chi connectivity index (χ0v) is 10.1. The number of halogens is 2. The number of carbonyl (C=O) groups excluding carboxylic acids is 2. The van der Waals surface area contributed by atoms with E-state index < -0.39 is 36.2 Å². The molecule has 2 rings (SSSR count). The fourth-order valence-electron chi connectivity index (χ4n) is 2.07. The van der Waals surface area contributed by atoms with Crippen molar-refractivity contribution in [2.45, 2.75) is 31.2 Å². The summed E-state index contributed by atoms with van der Waals surface area (Å²) >= 11 is 0. The van der Waals surface area contributed by atoms with E-state index in [4.69, 9.17) is 0 Å². The predicted octanol–water partition coefficient (Wildman–Crippen LogP) is 0.108. The van der Waals surface area contributed by atoms with Gasteiger partial charge in [-0.3, -0.25) is 9.89 Å². The van der Waals surface area contributed by atoms with E-state index in [0.717, 1.165) is 0 Å². The second-order valence-electron chi connectivity index (χ2n) is 4.32. The van der Waals surface area contributed by atoms with Crippen LogP contribution >= 0.6 is 0 Å². The molecule has 1 aliphatic rings. The fourth-order valence-corrected chi connectivity index (χ4v) is 2.07. The molecule has 1 amide bonds. The third-order valence-electron chi connectivity index (χ3n) is 2.84. The summed E-state index contributed by atoms with van der Waals surface area (Å²) in [7, 11) is 0. The number of esters is 1. The molecule has 1 aromatic heterocycles. The van der Waals surface area contributed by atoms with Gasteiger partial charge in [-0.2, -0.15) is 0 Å². The molecule has 9 heteroatoms. The SMILES string of the molecule is CCOC(=O)C(=O)NC1(c2c[nH]nn2)CC(F)(F)C1. The Bertz CT molecular complexity index is 481. The van der Waals surface area contributed by atoms with Gasteiger partial charge in [0.2, 0.25) is 0 Å². The number of amides is 1. The van der Waals surface area contributed by atoms with Crippen LogP contribution in [0.25, 0.3) is 0 Å². The standard InChI is InChI=1S/C10H12F2N4O3/c1-2-19-8(18)7(17)14-9(4-10(11,12)5-9)6-3-13-16-15-6/h3H,2,4-5H2,1H3,(H,14,17)(H,13,15,16). The summed E-state index contributed by atoms with van der Waals surface area (Å²) in [5.74, 6) is -5.08. The lowest BCUT2D eigenvalue weighted by Crippen LogP contribution is -2.61. The van der Waals surface area contributed by atoms with Gasteiger partial charge in [-0.05, 0) is 6.92 Å². The summed E-state index contributed by atoms with van der Waals surface area (Å²) in [5, 5.41) is 11.7. The first kappa shape index (κ1) is 13.4. The number of hydrogen-bond acceptors (Lipinski definition) is 5. The quantitative estimate of drug-likeness (QED) is 0.602. The summed E-state index contributed by atoms with van der Waals surface area (Å²) in [6.45, 7) is 1.56. The molecule has 104 valence electrons. The molecule has 2 N–H and O–H groups in total. The van der Waals surface area contributed by atoms with Crippen LogP contribution < -0.4 is 5.32 Å². The Hall–Kier alpha value is -2.06. The summed E-state index contributed by atoms with van der Waals surface area (Å²) in [4.78, 5) is 22.8. The summed E-state index contributed by atoms with van der Waals surface area (Å²) in [6, 6.07) is 0. The van der Waals surface area contributed by atoms with Gasteiger partial charge < -0.3 is 10.1 Å². The average molecular weight is 274 g/mol. The van der Waals surface area contributed by atoms with Crippen molar-refractivity contribution in [3.05, 3.63) is 11.9 Å². The second-order valence-corrected chi connectivity index (χ2v) is 4.32. The summed E-state index contributed by atoms with van der Waals surface area (Å²) < 4.78 is 30.7. The number of ether oxygens (including phenoxy) is 1. The largest absolute Gasteiger partial charge is 0.459 e. The topological polar surface area (TPSA) is 97.0 Å². The maximum absolute atomic E-state index is 13.1. The predicted molar refractivity (Wildman–Crippen MR) is 57.0 cm³/mol. The maximum atomic E-state index is 13.1. The number of aromatic amines is 1. The third kappa shape index (κ3) is 2.54. The molecule has 0 atom stereocenters. The Labute approximate surface area is 106 Å². The van der Waals surface area contributed by atoms with Crippen molar-refractivity contribution in [2.24, 2.45) is 0 Å². The molecular weight excluding hydrogens is 262 g/mol. The number of aromatic nitrogens is 3. The number of alkyl halides is 2. The monoisotopic (exact) mass is 274 g/mol. The minimum Gasteiger partial charge on any atom is -0.459 e. The molecule has 19 heavy (non-hydrogen) atoms. The van der Waals surface area contributed by atoms with E-state index in [-0.39, 0.29) is 12.3 Å². The van der Waals surface area contributed by atoms with Crippen LogP contribution in [0, 0.1) is 0 Å². The second kappa shape index (κ2) is 4.56. The molecule has 7 nitrogen and oxygen atoms in total. The number of nitrogens with zero attached hydrogens (tertiary/aromatic N) is 2. The van der Waals surface area contributed by atoms with E-state index in [1.165, 1.54) is 13.1 Å². The van der Waals surface area contributed by atoms with E-state index in [1.807, 2.05) is 0 Å². The number of rotatable bonds is 3. The zero-order chi connectivity index (χ0) is 14.1. The normalized spacial score (nSPS) is 19.3. The van der Waals surface area contributed by atoms with Gasteiger partial charge in [0.1, 0.15) is 5.69 Å². The van der Waals surface area contributed by atoms with Gasteiger partial charge in [-0.15, -0.1) is 5.10 Å². The summed E-state index contributed by atoms with van der Waals surface area (Å²) in [5.41, 5.74) is -1.21. The van der Waals surface area contributed by atoms with Gasteiger partial charge >= 0.3 is 11.9 Å². The molecule has 0 unspecified atom stereocenters. The van der Waals surface area contributed by atoms with Crippen molar-refractivity contribution >= 4 is 11.9 Å². The maximum Gasteiger partial charge on any atom is 0.396 e. The third-order valence-corrected chi connectivity index (χ3v) is 2.84. The molecule has 0 aliphatic heterocycles. The van der Waals surface area contributed by atoms with E-state index >= 15 is 0 Å². The zero-order valence-electron chi connectivity index (χ0n) is 10.1. The van der Waals surface area contributed by atoms with Gasteiger partial charge in [-0.1, -0.05) is 5.21 Å². The van der Waals surface area contributed by atoms with Crippen molar-refractivity contribution in [1.29, 1.82) is 0 Å². The highest BCUT2D eigenvalue weighted by atomic mass is 19.3. The molecule has 0 saturated heterocycles. The van der Waals surface area contributed by atoms with Gasteiger partial charge in [0.25, 0.3) is 5.92 Å². The number of carbonyl (C=O) groups is 2. The average Bonchev–Trinajstić information content (AvgIpc) is 2.80. The van der Waals surface area contributed by atoms with Crippen molar-refractivity contribution < 1.29 is 23.1 Å². The van der Waals surface area contributed by atoms with Crippen LogP contribution in [0.5, 0.6) is 0 Å². The molecule has 0 bridgehead atoms. The van der Waals surface area contributed by atoms with Crippen LogP contribution in [-0.4, -0.2) is 39.8 Å². The molecule has 1 fully saturated rings. The van der Waals surface area contributed by atoms with Crippen LogP contribution in [0.4, 0.5) is 8.78 Å². The van der Waals surface area contributed by atoms with E-state index in [1.54, 1.807) is 0 Å². The highest BCUT2D eigenvalue weighted by molar-refractivity contribution is 6.32. The van der Waals surface area contributed by atoms with Crippen LogP contribution in [0.15, 0.2) is 6.20 Å².